The highest BCUT2D eigenvalue weighted by Crippen LogP contribution is 2.39. The molecule has 162 valence electrons. The van der Waals surface area contributed by atoms with Gasteiger partial charge in [0, 0.05) is 0 Å². The molecule has 1 aliphatic rings. The molecule has 29 heavy (non-hydrogen) atoms. The molecule has 0 bridgehead atoms. The molecule has 1 fully saturated rings. The van der Waals surface area contributed by atoms with E-state index < -0.39 is 29.6 Å². The van der Waals surface area contributed by atoms with Crippen LogP contribution in [0.5, 0.6) is 0 Å². The van der Waals surface area contributed by atoms with E-state index in [1.807, 2.05) is 58.0 Å². The molecule has 1 saturated heterocycles. The Kier molecular flexibility index (Phi) is 6.83. The van der Waals surface area contributed by atoms with Gasteiger partial charge in [-0.3, -0.25) is 20.5 Å². The number of hydrazine groups is 1. The van der Waals surface area contributed by atoms with Gasteiger partial charge >= 0.3 is 6.09 Å². The second-order valence-electron chi connectivity index (χ2n) is 9.41. The van der Waals surface area contributed by atoms with Crippen molar-refractivity contribution in [1.82, 2.24) is 10.3 Å². The third kappa shape index (κ3) is 5.63. The maximum Gasteiger partial charge on any atom is 0.412 e. The van der Waals surface area contributed by atoms with E-state index in [1.165, 1.54) is 0 Å². The Morgan fingerprint density at radius 1 is 1.14 bits per heavy atom. The fourth-order valence-corrected chi connectivity index (χ4v) is 3.42. The van der Waals surface area contributed by atoms with Crippen LogP contribution in [0.2, 0.25) is 0 Å². The highest BCUT2D eigenvalue weighted by molar-refractivity contribution is 5.84. The number of amides is 2. The second kappa shape index (κ2) is 8.61. The van der Waals surface area contributed by atoms with E-state index >= 15 is 0 Å². The fraction of sp³-hybridized carbons (Fsp3) is 0.636. The number of carbonyl (C=O) groups excluding carboxylic acids is 2. The number of carbonyl (C=O) groups is 2. The predicted molar refractivity (Wildman–Crippen MR) is 113 cm³/mol. The monoisotopic (exact) mass is 405 g/mol. The molecule has 1 aromatic rings. The van der Waals surface area contributed by atoms with E-state index in [9.17, 15) is 9.59 Å². The summed E-state index contributed by atoms with van der Waals surface area (Å²) in [6, 6.07) is 8.88. The zero-order valence-electron chi connectivity index (χ0n) is 18.8. The Labute approximate surface area is 174 Å². The van der Waals surface area contributed by atoms with Crippen molar-refractivity contribution in [2.24, 2.45) is 11.8 Å². The third-order valence-corrected chi connectivity index (χ3v) is 5.15. The molecule has 7 heteroatoms. The number of benzene rings is 1. The molecule has 2 rings (SSSR count). The third-order valence-electron chi connectivity index (χ3n) is 5.15. The summed E-state index contributed by atoms with van der Waals surface area (Å²) in [5, 5.41) is 0. The summed E-state index contributed by atoms with van der Waals surface area (Å²) in [5.41, 5.74) is 4.76. The molecule has 2 N–H and O–H groups in total. The summed E-state index contributed by atoms with van der Waals surface area (Å²) < 4.78 is 11.7. The van der Waals surface area contributed by atoms with Crippen LogP contribution in [0.3, 0.4) is 0 Å². The van der Waals surface area contributed by atoms with Gasteiger partial charge in [-0.2, -0.15) is 0 Å². The molecule has 0 spiro atoms. The quantitative estimate of drug-likeness (QED) is 0.719. The summed E-state index contributed by atoms with van der Waals surface area (Å²) >= 11 is 0. The molecule has 1 heterocycles. The van der Waals surface area contributed by atoms with Crippen LogP contribution in [0.1, 0.15) is 55.4 Å². The Hall–Kier alpha value is -2.28. The number of hydrogen-bond donors (Lipinski definition) is 2. The normalized spacial score (nSPS) is 22.3. The Bertz CT molecular complexity index is 713. The maximum atomic E-state index is 13.0. The lowest BCUT2D eigenvalue weighted by molar-refractivity contribution is -0.138. The molecule has 2 amide bonds. The van der Waals surface area contributed by atoms with Crippen LogP contribution in [-0.4, -0.2) is 40.4 Å². The average molecular weight is 406 g/mol. The van der Waals surface area contributed by atoms with Crippen molar-refractivity contribution in [1.29, 1.82) is 0 Å². The molecule has 3 atom stereocenters. The molecular weight excluding hydrogens is 370 g/mol. The van der Waals surface area contributed by atoms with Crippen molar-refractivity contribution in [2.45, 2.75) is 78.9 Å². The lowest BCUT2D eigenvalue weighted by atomic mass is 9.86. The van der Waals surface area contributed by atoms with Gasteiger partial charge in [0.1, 0.15) is 11.3 Å². The molecule has 1 aromatic carbocycles. The summed E-state index contributed by atoms with van der Waals surface area (Å²) in [6.45, 7) is 15.2. The van der Waals surface area contributed by atoms with Crippen LogP contribution in [-0.2, 0) is 14.3 Å². The Balaban J connectivity index is 2.27. The summed E-state index contributed by atoms with van der Waals surface area (Å²) in [6.07, 6.45) is -1.31. The Morgan fingerprint density at radius 2 is 1.72 bits per heavy atom. The molecule has 7 nitrogen and oxygen atoms in total. The number of ether oxygens (including phenoxy) is 2. The van der Waals surface area contributed by atoms with Crippen molar-refractivity contribution in [3.05, 3.63) is 30.3 Å². The van der Waals surface area contributed by atoms with E-state index in [0.717, 1.165) is 5.69 Å². The molecule has 0 saturated carbocycles. The van der Waals surface area contributed by atoms with Crippen LogP contribution in [0.15, 0.2) is 30.3 Å². The van der Waals surface area contributed by atoms with Crippen LogP contribution in [0.4, 0.5) is 10.5 Å². The van der Waals surface area contributed by atoms with Gasteiger partial charge in [-0.1, -0.05) is 39.0 Å². The lowest BCUT2D eigenvalue weighted by Crippen LogP contribution is -2.54. The zero-order chi connectivity index (χ0) is 22.0. The van der Waals surface area contributed by atoms with Crippen molar-refractivity contribution in [2.75, 3.05) is 5.43 Å². The van der Waals surface area contributed by atoms with Gasteiger partial charge in [0.05, 0.1) is 11.7 Å². The van der Waals surface area contributed by atoms with Gasteiger partial charge in [-0.25, -0.2) is 4.79 Å². The minimum Gasteiger partial charge on any atom is -0.444 e. The largest absolute Gasteiger partial charge is 0.444 e. The Morgan fingerprint density at radius 3 is 2.24 bits per heavy atom. The van der Waals surface area contributed by atoms with Crippen molar-refractivity contribution in [3.8, 4) is 0 Å². The smallest absolute Gasteiger partial charge is 0.412 e. The van der Waals surface area contributed by atoms with Gasteiger partial charge in [0.2, 0.25) is 0 Å². The number of hydrogen-bond acceptors (Lipinski definition) is 5. The first kappa shape index (κ1) is 23.0. The fourth-order valence-electron chi connectivity index (χ4n) is 3.42. The van der Waals surface area contributed by atoms with Crippen LogP contribution >= 0.6 is 0 Å². The van der Waals surface area contributed by atoms with Crippen LogP contribution in [0.25, 0.3) is 0 Å². The molecule has 0 aliphatic carbocycles. The summed E-state index contributed by atoms with van der Waals surface area (Å²) in [7, 11) is 0. The van der Waals surface area contributed by atoms with Crippen molar-refractivity contribution in [3.63, 3.8) is 0 Å². The first-order valence-electron chi connectivity index (χ1n) is 10.1. The zero-order valence-corrected chi connectivity index (χ0v) is 18.8. The first-order chi connectivity index (χ1) is 13.3. The number of para-hydroxylation sites is 1. The summed E-state index contributed by atoms with van der Waals surface area (Å²) in [5.74, 6) is -0.0814. The van der Waals surface area contributed by atoms with Gasteiger partial charge < -0.3 is 9.47 Å². The summed E-state index contributed by atoms with van der Waals surface area (Å²) in [4.78, 5) is 27.6. The number of anilines is 1. The second-order valence-corrected chi connectivity index (χ2v) is 9.41. The number of nitrogens with one attached hydrogen (secondary N) is 2. The topological polar surface area (TPSA) is 79.9 Å². The van der Waals surface area contributed by atoms with Crippen molar-refractivity contribution < 1.29 is 19.1 Å². The van der Waals surface area contributed by atoms with Gasteiger partial charge in [-0.15, -0.1) is 0 Å². The van der Waals surface area contributed by atoms with E-state index in [1.54, 1.807) is 18.7 Å². The van der Waals surface area contributed by atoms with Gasteiger partial charge in [0.15, 0.2) is 6.10 Å². The highest BCUT2D eigenvalue weighted by atomic mass is 16.6. The van der Waals surface area contributed by atoms with E-state index in [4.69, 9.17) is 9.47 Å². The maximum absolute atomic E-state index is 13.0. The van der Waals surface area contributed by atoms with Crippen LogP contribution in [0, 0.1) is 11.8 Å². The SMILES string of the molecule is CC(C)[C@H](C)[C@H]1C(C(=O)NNc2ccccc2)OC(C)(C)N1C(=O)OC(C)(C)C. The predicted octanol–water partition coefficient (Wildman–Crippen LogP) is 4.16. The minimum atomic E-state index is -0.981. The number of nitrogens with zero attached hydrogens (tertiary/aromatic N) is 1. The molecule has 0 radical (unpaired) electrons. The van der Waals surface area contributed by atoms with E-state index in [2.05, 4.69) is 24.7 Å². The standard InChI is InChI=1S/C22H35N3O4/c1-14(2)15(3)17-18(19(26)24-23-16-12-10-9-11-13-16)28-22(7,8)25(17)20(27)29-21(4,5)6/h9-15,17-18,23H,1-8H3,(H,24,26)/t15-,17-,18?/m0/s1. The lowest BCUT2D eigenvalue weighted by Gasteiger charge is -2.38. The van der Waals surface area contributed by atoms with E-state index in [-0.39, 0.29) is 17.7 Å². The molecular formula is C22H35N3O4. The molecule has 1 unspecified atom stereocenters. The molecule has 0 aromatic heterocycles. The van der Waals surface area contributed by atoms with Crippen LogP contribution < -0.4 is 10.9 Å². The average Bonchev–Trinajstić information content (AvgIpc) is 2.89. The van der Waals surface area contributed by atoms with E-state index in [0.29, 0.717) is 0 Å². The molecule has 1 aliphatic heterocycles. The minimum absolute atomic E-state index is 0.0109. The first-order valence-corrected chi connectivity index (χ1v) is 10.1. The highest BCUT2D eigenvalue weighted by Gasteiger charge is 2.55. The van der Waals surface area contributed by atoms with Gasteiger partial charge in [-0.05, 0) is 58.6 Å². The van der Waals surface area contributed by atoms with Crippen molar-refractivity contribution >= 4 is 17.7 Å². The van der Waals surface area contributed by atoms with Gasteiger partial charge in [0.25, 0.3) is 5.91 Å². The number of rotatable bonds is 5.